The van der Waals surface area contributed by atoms with Crippen LogP contribution in [0, 0.1) is 0 Å². The van der Waals surface area contributed by atoms with Crippen LogP contribution in [0.3, 0.4) is 0 Å². The van der Waals surface area contributed by atoms with Gasteiger partial charge >= 0.3 is 0 Å². The van der Waals surface area contributed by atoms with Gasteiger partial charge in [0.1, 0.15) is 6.33 Å². The molecule has 4 nitrogen and oxygen atoms in total. The molecule has 0 saturated heterocycles. The number of nitrogens with two attached hydrogens (primary N) is 1. The molecule has 15 heavy (non-hydrogen) atoms. The summed E-state index contributed by atoms with van der Waals surface area (Å²) < 4.78 is 1.95. The molecule has 0 saturated carbocycles. The van der Waals surface area contributed by atoms with Crippen molar-refractivity contribution >= 4 is 17.3 Å². The lowest BCUT2D eigenvalue weighted by atomic mass is 10.2. The van der Waals surface area contributed by atoms with E-state index in [1.165, 1.54) is 0 Å². The zero-order valence-electron chi connectivity index (χ0n) is 8.31. The molecule has 0 aliphatic heterocycles. The van der Waals surface area contributed by atoms with Crippen molar-refractivity contribution < 1.29 is 0 Å². The first-order valence-corrected chi connectivity index (χ1v) is 5.03. The van der Waals surface area contributed by atoms with E-state index >= 15 is 0 Å². The highest BCUT2D eigenvalue weighted by Gasteiger charge is 2.07. The molecule has 78 valence electrons. The molecule has 0 unspecified atom stereocenters. The van der Waals surface area contributed by atoms with Crippen LogP contribution in [0.4, 0.5) is 5.69 Å². The predicted molar refractivity (Wildman–Crippen MR) is 60.6 cm³/mol. The molecule has 0 bridgehead atoms. The minimum Gasteiger partial charge on any atom is -0.398 e. The number of nitrogen functional groups attached to an aromatic ring is 1. The highest BCUT2D eigenvalue weighted by atomic mass is 35.5. The van der Waals surface area contributed by atoms with Crippen molar-refractivity contribution in [3.05, 3.63) is 29.5 Å². The Morgan fingerprint density at radius 2 is 2.27 bits per heavy atom. The fourth-order valence-corrected chi connectivity index (χ4v) is 1.51. The molecule has 1 heterocycles. The Balaban J connectivity index is 2.50. The number of aryl methyl sites for hydroxylation is 1. The Morgan fingerprint density at radius 1 is 1.47 bits per heavy atom. The van der Waals surface area contributed by atoms with Gasteiger partial charge < -0.3 is 10.3 Å². The summed E-state index contributed by atoms with van der Waals surface area (Å²) in [5.74, 6) is 0.806. The third-order valence-electron chi connectivity index (χ3n) is 2.21. The van der Waals surface area contributed by atoms with Crippen LogP contribution in [0.15, 0.2) is 24.5 Å². The maximum absolute atomic E-state index is 5.85. The van der Waals surface area contributed by atoms with E-state index in [9.17, 15) is 0 Å². The molecule has 0 radical (unpaired) electrons. The van der Waals surface area contributed by atoms with Crippen LogP contribution in [0.1, 0.15) is 6.92 Å². The molecular formula is C10H11ClN4. The average molecular weight is 223 g/mol. The van der Waals surface area contributed by atoms with Crippen molar-refractivity contribution in [3.8, 4) is 11.4 Å². The van der Waals surface area contributed by atoms with Gasteiger partial charge in [-0.25, -0.2) is 0 Å². The maximum Gasteiger partial charge on any atom is 0.163 e. The van der Waals surface area contributed by atoms with Crippen molar-refractivity contribution in [2.45, 2.75) is 13.5 Å². The zero-order valence-corrected chi connectivity index (χ0v) is 9.07. The molecule has 2 rings (SSSR count). The molecular weight excluding hydrogens is 212 g/mol. The lowest BCUT2D eigenvalue weighted by Gasteiger charge is -2.04. The molecule has 0 spiro atoms. The molecule has 0 amide bonds. The van der Waals surface area contributed by atoms with E-state index in [1.807, 2.05) is 17.6 Å². The van der Waals surface area contributed by atoms with Gasteiger partial charge in [0.2, 0.25) is 0 Å². The van der Waals surface area contributed by atoms with Gasteiger partial charge in [0.25, 0.3) is 0 Å². The second-order valence-corrected chi connectivity index (χ2v) is 3.58. The molecule has 2 N–H and O–H groups in total. The van der Waals surface area contributed by atoms with Crippen molar-refractivity contribution in [1.82, 2.24) is 14.8 Å². The molecule has 5 heteroatoms. The van der Waals surface area contributed by atoms with Crippen LogP contribution in [0.5, 0.6) is 0 Å². The second-order valence-electron chi connectivity index (χ2n) is 3.18. The summed E-state index contributed by atoms with van der Waals surface area (Å²) in [5.41, 5.74) is 7.21. The van der Waals surface area contributed by atoms with E-state index in [4.69, 9.17) is 17.3 Å². The summed E-state index contributed by atoms with van der Waals surface area (Å²) in [6.07, 6.45) is 1.69. The van der Waals surface area contributed by atoms with Crippen LogP contribution in [0.2, 0.25) is 5.02 Å². The standard InChI is InChI=1S/C10H11ClN4/c1-2-15-6-13-14-10(15)7-3-4-8(11)9(12)5-7/h3-6H,2,12H2,1H3. The Hall–Kier alpha value is -1.55. The highest BCUT2D eigenvalue weighted by molar-refractivity contribution is 6.33. The monoisotopic (exact) mass is 222 g/mol. The molecule has 0 atom stereocenters. The Bertz CT molecular complexity index is 478. The van der Waals surface area contributed by atoms with Gasteiger partial charge in [0.05, 0.1) is 10.7 Å². The minimum atomic E-state index is 0.555. The van der Waals surface area contributed by atoms with E-state index in [0.29, 0.717) is 10.7 Å². The summed E-state index contributed by atoms with van der Waals surface area (Å²) in [6, 6.07) is 5.45. The van der Waals surface area contributed by atoms with Crippen LogP contribution in [-0.4, -0.2) is 14.8 Å². The Morgan fingerprint density at radius 3 is 2.93 bits per heavy atom. The van der Waals surface area contributed by atoms with E-state index in [-0.39, 0.29) is 0 Å². The first kappa shape index (κ1) is 9.98. The molecule has 0 aliphatic carbocycles. The van der Waals surface area contributed by atoms with Gasteiger partial charge in [-0.1, -0.05) is 11.6 Å². The number of benzene rings is 1. The summed E-state index contributed by atoms with van der Waals surface area (Å²) in [4.78, 5) is 0. The van der Waals surface area contributed by atoms with Crippen LogP contribution >= 0.6 is 11.6 Å². The third kappa shape index (κ3) is 1.80. The number of rotatable bonds is 2. The predicted octanol–water partition coefficient (Wildman–Crippen LogP) is 2.20. The van der Waals surface area contributed by atoms with Gasteiger partial charge in [-0.05, 0) is 25.1 Å². The van der Waals surface area contributed by atoms with Crippen molar-refractivity contribution in [1.29, 1.82) is 0 Å². The smallest absolute Gasteiger partial charge is 0.163 e. The largest absolute Gasteiger partial charge is 0.398 e. The van der Waals surface area contributed by atoms with E-state index < -0.39 is 0 Å². The average Bonchev–Trinajstić information content (AvgIpc) is 2.70. The number of nitrogens with zero attached hydrogens (tertiary/aromatic N) is 3. The fraction of sp³-hybridized carbons (Fsp3) is 0.200. The topological polar surface area (TPSA) is 56.7 Å². The fourth-order valence-electron chi connectivity index (χ4n) is 1.39. The van der Waals surface area contributed by atoms with Crippen molar-refractivity contribution in [2.75, 3.05) is 5.73 Å². The van der Waals surface area contributed by atoms with Gasteiger partial charge in [0, 0.05) is 12.1 Å². The van der Waals surface area contributed by atoms with E-state index in [2.05, 4.69) is 10.2 Å². The SMILES string of the molecule is CCn1cnnc1-c1ccc(Cl)c(N)c1. The van der Waals surface area contributed by atoms with Crippen LogP contribution in [0.25, 0.3) is 11.4 Å². The van der Waals surface area contributed by atoms with Gasteiger partial charge in [-0.15, -0.1) is 10.2 Å². The Labute approximate surface area is 92.7 Å². The van der Waals surface area contributed by atoms with E-state index in [1.54, 1.807) is 18.5 Å². The number of hydrogen-bond acceptors (Lipinski definition) is 3. The van der Waals surface area contributed by atoms with Crippen LogP contribution in [-0.2, 0) is 6.54 Å². The summed E-state index contributed by atoms with van der Waals surface area (Å²) >= 11 is 5.85. The minimum absolute atomic E-state index is 0.555. The summed E-state index contributed by atoms with van der Waals surface area (Å²) in [7, 11) is 0. The van der Waals surface area contributed by atoms with Crippen molar-refractivity contribution in [3.63, 3.8) is 0 Å². The number of hydrogen-bond donors (Lipinski definition) is 1. The van der Waals surface area contributed by atoms with Crippen LogP contribution < -0.4 is 5.73 Å². The summed E-state index contributed by atoms with van der Waals surface area (Å²) in [6.45, 7) is 2.86. The van der Waals surface area contributed by atoms with Gasteiger partial charge in [0.15, 0.2) is 5.82 Å². The number of aromatic nitrogens is 3. The lowest BCUT2D eigenvalue weighted by Crippen LogP contribution is -1.96. The molecule has 0 aliphatic rings. The van der Waals surface area contributed by atoms with E-state index in [0.717, 1.165) is 17.9 Å². The first-order valence-electron chi connectivity index (χ1n) is 4.65. The second kappa shape index (κ2) is 3.90. The molecule has 0 fully saturated rings. The zero-order chi connectivity index (χ0) is 10.8. The van der Waals surface area contributed by atoms with Crippen molar-refractivity contribution in [2.24, 2.45) is 0 Å². The highest BCUT2D eigenvalue weighted by Crippen LogP contribution is 2.25. The van der Waals surface area contributed by atoms with Gasteiger partial charge in [-0.2, -0.15) is 0 Å². The quantitative estimate of drug-likeness (QED) is 0.793. The summed E-state index contributed by atoms with van der Waals surface area (Å²) in [5, 5.41) is 8.46. The normalized spacial score (nSPS) is 10.5. The maximum atomic E-state index is 5.85. The molecule has 1 aromatic heterocycles. The number of halogens is 1. The first-order chi connectivity index (χ1) is 7.22. The molecule has 1 aromatic carbocycles. The molecule has 2 aromatic rings. The Kier molecular flexibility index (Phi) is 2.60. The lowest BCUT2D eigenvalue weighted by molar-refractivity contribution is 0.767. The third-order valence-corrected chi connectivity index (χ3v) is 2.55. The van der Waals surface area contributed by atoms with Gasteiger partial charge in [-0.3, -0.25) is 0 Å². The number of anilines is 1.